The van der Waals surface area contributed by atoms with E-state index in [0.717, 1.165) is 43.4 Å². The second-order valence-electron chi connectivity index (χ2n) is 7.23. The Hall–Kier alpha value is -1.70. The molecule has 0 radical (unpaired) electrons. The summed E-state index contributed by atoms with van der Waals surface area (Å²) in [6.07, 6.45) is 4.19. The lowest BCUT2D eigenvalue weighted by molar-refractivity contribution is 0.451. The molecule has 0 bridgehead atoms. The second kappa shape index (κ2) is 7.61. The molecule has 0 spiro atoms. The van der Waals surface area contributed by atoms with Crippen LogP contribution in [0.5, 0.6) is 0 Å². The Labute approximate surface area is 172 Å². The molecular weight excluding hydrogens is 486 g/mol. The van der Waals surface area contributed by atoms with E-state index in [1.807, 2.05) is 6.07 Å². The molecule has 1 aliphatic carbocycles. The van der Waals surface area contributed by atoms with Crippen LogP contribution >= 0.6 is 22.6 Å². The van der Waals surface area contributed by atoms with Crippen LogP contribution < -0.4 is 0 Å². The standard InChI is InChI=1S/C22H16F5I/c23-17-8-12(11-1-4-15(28)5-2-11)3-6-16(17)13-7-14-10-19(25)21(26)22(27)20(14)18(24)9-13/h3,6-11,15H,1-2,4-5H2/t11-,15-. The van der Waals surface area contributed by atoms with Gasteiger partial charge in [-0.2, -0.15) is 0 Å². The molecule has 0 aromatic heterocycles. The fourth-order valence-corrected chi connectivity index (χ4v) is 4.67. The molecule has 0 nitrogen and oxygen atoms in total. The highest BCUT2D eigenvalue weighted by Gasteiger charge is 2.22. The zero-order valence-electron chi connectivity index (χ0n) is 14.7. The van der Waals surface area contributed by atoms with Crippen LogP contribution in [0.15, 0.2) is 36.4 Å². The highest BCUT2D eigenvalue weighted by Crippen LogP contribution is 2.38. The summed E-state index contributed by atoms with van der Waals surface area (Å²) in [5.74, 6) is -6.00. The quantitative estimate of drug-likeness (QED) is 0.146. The number of alkyl halides is 1. The fraction of sp³-hybridized carbons (Fsp3) is 0.273. The molecular formula is C22H16F5I. The number of hydrogen-bond acceptors (Lipinski definition) is 0. The van der Waals surface area contributed by atoms with E-state index in [1.54, 1.807) is 6.07 Å². The van der Waals surface area contributed by atoms with Crippen molar-refractivity contribution in [1.29, 1.82) is 0 Å². The predicted molar refractivity (Wildman–Crippen MR) is 108 cm³/mol. The number of rotatable bonds is 2. The van der Waals surface area contributed by atoms with Gasteiger partial charge in [0.2, 0.25) is 0 Å². The molecule has 146 valence electrons. The van der Waals surface area contributed by atoms with Gasteiger partial charge in [0.05, 0.1) is 5.39 Å². The van der Waals surface area contributed by atoms with Crippen LogP contribution in [0.2, 0.25) is 0 Å². The number of hydrogen-bond donors (Lipinski definition) is 0. The Balaban J connectivity index is 1.75. The van der Waals surface area contributed by atoms with Gasteiger partial charge in [-0.05, 0) is 72.4 Å². The van der Waals surface area contributed by atoms with E-state index in [9.17, 15) is 22.0 Å². The van der Waals surface area contributed by atoms with Crippen molar-refractivity contribution in [1.82, 2.24) is 0 Å². The lowest BCUT2D eigenvalue weighted by Crippen LogP contribution is -2.12. The summed E-state index contributed by atoms with van der Waals surface area (Å²) in [4.78, 5) is 0. The van der Waals surface area contributed by atoms with Crippen molar-refractivity contribution >= 4 is 33.4 Å². The summed E-state index contributed by atoms with van der Waals surface area (Å²) >= 11 is 2.44. The first-order valence-electron chi connectivity index (χ1n) is 9.05. The molecule has 1 aliphatic rings. The van der Waals surface area contributed by atoms with Gasteiger partial charge in [-0.15, -0.1) is 0 Å². The average molecular weight is 502 g/mol. The third-order valence-corrected chi connectivity index (χ3v) is 6.70. The van der Waals surface area contributed by atoms with Crippen LogP contribution in [-0.2, 0) is 0 Å². The fourth-order valence-electron chi connectivity index (χ4n) is 3.95. The second-order valence-corrected chi connectivity index (χ2v) is 8.99. The Morgan fingerprint density at radius 2 is 1.43 bits per heavy atom. The van der Waals surface area contributed by atoms with Gasteiger partial charge >= 0.3 is 0 Å². The van der Waals surface area contributed by atoms with Gasteiger partial charge in [0, 0.05) is 9.49 Å². The van der Waals surface area contributed by atoms with E-state index < -0.39 is 34.5 Å². The van der Waals surface area contributed by atoms with Crippen molar-refractivity contribution < 1.29 is 22.0 Å². The Morgan fingerprint density at radius 1 is 0.714 bits per heavy atom. The molecule has 0 amide bonds. The van der Waals surface area contributed by atoms with Crippen molar-refractivity contribution in [2.45, 2.75) is 35.5 Å². The maximum absolute atomic E-state index is 14.8. The highest BCUT2D eigenvalue weighted by atomic mass is 127. The lowest BCUT2D eigenvalue weighted by atomic mass is 9.83. The van der Waals surface area contributed by atoms with Gasteiger partial charge in [0.25, 0.3) is 0 Å². The molecule has 0 heterocycles. The van der Waals surface area contributed by atoms with E-state index in [4.69, 9.17) is 0 Å². The molecule has 0 aliphatic heterocycles. The van der Waals surface area contributed by atoms with E-state index >= 15 is 0 Å². The Bertz CT molecular complexity index is 1050. The van der Waals surface area contributed by atoms with Crippen LogP contribution in [0, 0.1) is 29.1 Å². The van der Waals surface area contributed by atoms with Gasteiger partial charge in [0.15, 0.2) is 17.5 Å². The maximum atomic E-state index is 14.8. The third-order valence-electron chi connectivity index (χ3n) is 5.46. The first kappa shape index (κ1) is 19.6. The zero-order chi connectivity index (χ0) is 20.0. The molecule has 0 saturated heterocycles. The molecule has 3 aromatic carbocycles. The van der Waals surface area contributed by atoms with Gasteiger partial charge in [-0.1, -0.05) is 34.7 Å². The van der Waals surface area contributed by atoms with Crippen molar-refractivity contribution in [3.05, 3.63) is 71.0 Å². The van der Waals surface area contributed by atoms with Gasteiger partial charge in [-0.25, -0.2) is 22.0 Å². The molecule has 6 heteroatoms. The van der Waals surface area contributed by atoms with Crippen molar-refractivity contribution in [2.75, 3.05) is 0 Å². The minimum Gasteiger partial charge on any atom is -0.206 e. The van der Waals surface area contributed by atoms with E-state index in [2.05, 4.69) is 22.6 Å². The topological polar surface area (TPSA) is 0 Å². The van der Waals surface area contributed by atoms with E-state index in [-0.39, 0.29) is 16.5 Å². The number of halogens is 6. The molecule has 0 N–H and O–H groups in total. The maximum Gasteiger partial charge on any atom is 0.195 e. The molecule has 4 rings (SSSR count). The summed E-state index contributed by atoms with van der Waals surface area (Å²) in [5, 5.41) is -0.800. The van der Waals surface area contributed by atoms with Gasteiger partial charge in [0.1, 0.15) is 11.6 Å². The molecule has 28 heavy (non-hydrogen) atoms. The summed E-state index contributed by atoms with van der Waals surface area (Å²) in [7, 11) is 0. The molecule has 3 aromatic rings. The van der Waals surface area contributed by atoms with Crippen LogP contribution in [0.25, 0.3) is 21.9 Å². The molecule has 0 unspecified atom stereocenters. The summed E-state index contributed by atoms with van der Waals surface area (Å²) in [6.45, 7) is 0. The van der Waals surface area contributed by atoms with Gasteiger partial charge < -0.3 is 0 Å². The first-order valence-corrected chi connectivity index (χ1v) is 10.3. The van der Waals surface area contributed by atoms with Crippen molar-refractivity contribution in [3.8, 4) is 11.1 Å². The average Bonchev–Trinajstić information content (AvgIpc) is 2.66. The summed E-state index contributed by atoms with van der Waals surface area (Å²) < 4.78 is 70.7. The molecule has 1 saturated carbocycles. The molecule has 1 fully saturated rings. The van der Waals surface area contributed by atoms with Crippen molar-refractivity contribution in [3.63, 3.8) is 0 Å². The molecule has 0 atom stereocenters. The summed E-state index contributed by atoms with van der Waals surface area (Å²) in [5.41, 5.74) is 1.19. The third kappa shape index (κ3) is 3.51. The van der Waals surface area contributed by atoms with Crippen LogP contribution in [0.1, 0.15) is 37.2 Å². The largest absolute Gasteiger partial charge is 0.206 e. The predicted octanol–water partition coefficient (Wildman–Crippen LogP) is 7.66. The highest BCUT2D eigenvalue weighted by molar-refractivity contribution is 14.1. The van der Waals surface area contributed by atoms with E-state index in [0.29, 0.717) is 9.84 Å². The van der Waals surface area contributed by atoms with Crippen LogP contribution in [0.4, 0.5) is 22.0 Å². The van der Waals surface area contributed by atoms with Gasteiger partial charge in [-0.3, -0.25) is 0 Å². The summed E-state index contributed by atoms with van der Waals surface area (Å²) in [6, 6.07) is 7.78. The first-order chi connectivity index (χ1) is 13.3. The number of fused-ring (bicyclic) bond motifs is 1. The monoisotopic (exact) mass is 502 g/mol. The van der Waals surface area contributed by atoms with Crippen LogP contribution in [0.3, 0.4) is 0 Å². The minimum atomic E-state index is -1.73. The SMILES string of the molecule is Fc1cc([C@H]2CC[C@H](I)CC2)ccc1-c1cc(F)c2c(F)c(F)c(F)cc2c1. The smallest absolute Gasteiger partial charge is 0.195 e. The zero-order valence-corrected chi connectivity index (χ0v) is 16.9. The van der Waals surface area contributed by atoms with E-state index in [1.165, 1.54) is 12.1 Å². The normalized spacial score (nSPS) is 19.9. The van der Waals surface area contributed by atoms with Crippen LogP contribution in [-0.4, -0.2) is 3.92 Å². The minimum absolute atomic E-state index is 0.136. The lowest BCUT2D eigenvalue weighted by Gasteiger charge is -2.25. The number of benzene rings is 3. The Kier molecular flexibility index (Phi) is 5.33. The van der Waals surface area contributed by atoms with Crippen molar-refractivity contribution in [2.24, 2.45) is 0 Å². The Morgan fingerprint density at radius 3 is 2.11 bits per heavy atom.